The molecule has 0 aliphatic rings. The zero-order valence-electron chi connectivity index (χ0n) is 11.5. The third-order valence-electron chi connectivity index (χ3n) is 2.80. The van der Waals surface area contributed by atoms with Gasteiger partial charge < -0.3 is 9.47 Å². The normalized spacial score (nSPS) is 10.1. The molecule has 0 unspecified atom stereocenters. The van der Waals surface area contributed by atoms with Crippen LogP contribution in [0.1, 0.15) is 29.3 Å². The molecule has 0 aliphatic heterocycles. The summed E-state index contributed by atoms with van der Waals surface area (Å²) in [7, 11) is 0. The predicted molar refractivity (Wildman–Crippen MR) is 78.4 cm³/mol. The molecule has 0 saturated carbocycles. The number of hydrogen-bond acceptors (Lipinski definition) is 3. The Morgan fingerprint density at radius 2 is 1.80 bits per heavy atom. The number of carbonyl (C=O) groups is 1. The van der Waals surface area contributed by atoms with Crippen LogP contribution in [0.2, 0.25) is 0 Å². The standard InChI is InChI=1S/C17H18O3/c1-2-10-19-17-11-15(12-18)8-9-16(17)20-13-14-6-4-3-5-7-14/h3-9,11-12H,2,10,13H2,1H3. The van der Waals surface area contributed by atoms with Crippen LogP contribution in [-0.4, -0.2) is 12.9 Å². The van der Waals surface area contributed by atoms with E-state index in [1.54, 1.807) is 18.2 Å². The second-order valence-corrected chi connectivity index (χ2v) is 4.45. The van der Waals surface area contributed by atoms with Gasteiger partial charge in [-0.2, -0.15) is 0 Å². The molecule has 0 bridgehead atoms. The van der Waals surface area contributed by atoms with Gasteiger partial charge in [-0.15, -0.1) is 0 Å². The largest absolute Gasteiger partial charge is 0.490 e. The first-order chi connectivity index (χ1) is 9.83. The molecule has 0 aromatic heterocycles. The van der Waals surface area contributed by atoms with E-state index in [9.17, 15) is 4.79 Å². The van der Waals surface area contributed by atoms with Gasteiger partial charge in [-0.1, -0.05) is 37.3 Å². The van der Waals surface area contributed by atoms with E-state index in [1.165, 1.54) is 0 Å². The number of benzene rings is 2. The first-order valence-electron chi connectivity index (χ1n) is 6.72. The molecule has 0 aliphatic carbocycles. The van der Waals surface area contributed by atoms with Gasteiger partial charge in [-0.25, -0.2) is 0 Å². The quantitative estimate of drug-likeness (QED) is 0.716. The molecule has 3 heteroatoms. The van der Waals surface area contributed by atoms with Crippen molar-refractivity contribution in [1.29, 1.82) is 0 Å². The van der Waals surface area contributed by atoms with Crippen molar-refractivity contribution in [2.45, 2.75) is 20.0 Å². The highest BCUT2D eigenvalue weighted by Gasteiger charge is 2.07. The van der Waals surface area contributed by atoms with Crippen molar-refractivity contribution in [1.82, 2.24) is 0 Å². The molecule has 3 nitrogen and oxygen atoms in total. The lowest BCUT2D eigenvalue weighted by atomic mass is 10.2. The summed E-state index contributed by atoms with van der Waals surface area (Å²) in [6.45, 7) is 3.11. The van der Waals surface area contributed by atoms with E-state index in [0.717, 1.165) is 18.3 Å². The van der Waals surface area contributed by atoms with E-state index in [1.807, 2.05) is 37.3 Å². The Kier molecular flexibility index (Phi) is 5.18. The van der Waals surface area contributed by atoms with Crippen LogP contribution in [0.4, 0.5) is 0 Å². The number of hydrogen-bond donors (Lipinski definition) is 0. The fourth-order valence-corrected chi connectivity index (χ4v) is 1.78. The van der Waals surface area contributed by atoms with E-state index in [2.05, 4.69) is 0 Å². The van der Waals surface area contributed by atoms with Crippen molar-refractivity contribution in [2.75, 3.05) is 6.61 Å². The fraction of sp³-hybridized carbons (Fsp3) is 0.235. The molecule has 0 N–H and O–H groups in total. The molecule has 0 amide bonds. The monoisotopic (exact) mass is 270 g/mol. The Balaban J connectivity index is 2.11. The van der Waals surface area contributed by atoms with Crippen LogP contribution in [0.3, 0.4) is 0 Å². The van der Waals surface area contributed by atoms with Crippen molar-refractivity contribution >= 4 is 6.29 Å². The molecule has 104 valence electrons. The van der Waals surface area contributed by atoms with Crippen molar-refractivity contribution < 1.29 is 14.3 Å². The lowest BCUT2D eigenvalue weighted by Crippen LogP contribution is -2.01. The first kappa shape index (κ1) is 14.1. The summed E-state index contributed by atoms with van der Waals surface area (Å²) < 4.78 is 11.4. The summed E-state index contributed by atoms with van der Waals surface area (Å²) in [5.74, 6) is 1.28. The summed E-state index contributed by atoms with van der Waals surface area (Å²) in [6.07, 6.45) is 1.71. The molecule has 2 rings (SSSR count). The highest BCUT2D eigenvalue weighted by Crippen LogP contribution is 2.29. The zero-order chi connectivity index (χ0) is 14.2. The van der Waals surface area contributed by atoms with Gasteiger partial charge in [0.05, 0.1) is 6.61 Å². The molecular formula is C17H18O3. The first-order valence-corrected chi connectivity index (χ1v) is 6.72. The summed E-state index contributed by atoms with van der Waals surface area (Å²) in [5, 5.41) is 0. The second kappa shape index (κ2) is 7.34. The molecule has 2 aromatic carbocycles. The van der Waals surface area contributed by atoms with E-state index in [-0.39, 0.29) is 0 Å². The summed E-state index contributed by atoms with van der Waals surface area (Å²) in [4.78, 5) is 10.8. The molecule has 0 heterocycles. The maximum atomic E-state index is 10.8. The van der Waals surface area contributed by atoms with Crippen LogP contribution in [0.5, 0.6) is 11.5 Å². The smallest absolute Gasteiger partial charge is 0.161 e. The third-order valence-corrected chi connectivity index (χ3v) is 2.80. The van der Waals surface area contributed by atoms with Gasteiger partial charge in [-0.3, -0.25) is 4.79 Å². The third kappa shape index (κ3) is 3.85. The van der Waals surface area contributed by atoms with E-state index >= 15 is 0 Å². The predicted octanol–water partition coefficient (Wildman–Crippen LogP) is 3.87. The minimum Gasteiger partial charge on any atom is -0.490 e. The molecule has 0 fully saturated rings. The van der Waals surface area contributed by atoms with Crippen molar-refractivity contribution in [2.24, 2.45) is 0 Å². The lowest BCUT2D eigenvalue weighted by Gasteiger charge is -2.13. The van der Waals surface area contributed by atoms with Crippen LogP contribution in [0, 0.1) is 0 Å². The molecule has 0 atom stereocenters. The summed E-state index contributed by atoms with van der Waals surface area (Å²) in [6, 6.07) is 15.1. The number of ether oxygens (including phenoxy) is 2. The van der Waals surface area contributed by atoms with Crippen LogP contribution in [0.15, 0.2) is 48.5 Å². The maximum Gasteiger partial charge on any atom is 0.161 e. The topological polar surface area (TPSA) is 35.5 Å². The average Bonchev–Trinajstić information content (AvgIpc) is 2.52. The van der Waals surface area contributed by atoms with Crippen LogP contribution in [0.25, 0.3) is 0 Å². The molecule has 20 heavy (non-hydrogen) atoms. The Labute approximate surface area is 119 Å². The van der Waals surface area contributed by atoms with Gasteiger partial charge >= 0.3 is 0 Å². The Hall–Kier alpha value is -2.29. The SMILES string of the molecule is CCCOc1cc(C=O)ccc1OCc1ccccc1. The average molecular weight is 270 g/mol. The van der Waals surface area contributed by atoms with Crippen molar-refractivity contribution in [3.8, 4) is 11.5 Å². The van der Waals surface area contributed by atoms with E-state index < -0.39 is 0 Å². The summed E-state index contributed by atoms with van der Waals surface area (Å²) >= 11 is 0. The number of rotatable bonds is 7. The Morgan fingerprint density at radius 1 is 1.00 bits per heavy atom. The molecule has 2 aromatic rings. The second-order valence-electron chi connectivity index (χ2n) is 4.45. The zero-order valence-corrected chi connectivity index (χ0v) is 11.5. The Bertz CT molecular complexity index is 549. The van der Waals surface area contributed by atoms with Crippen LogP contribution in [-0.2, 0) is 6.61 Å². The van der Waals surface area contributed by atoms with Crippen LogP contribution < -0.4 is 9.47 Å². The van der Waals surface area contributed by atoms with Gasteiger partial charge in [-0.05, 0) is 30.2 Å². The Morgan fingerprint density at radius 3 is 2.50 bits per heavy atom. The van der Waals surface area contributed by atoms with Gasteiger partial charge in [0.15, 0.2) is 11.5 Å². The van der Waals surface area contributed by atoms with Gasteiger partial charge in [0.25, 0.3) is 0 Å². The highest BCUT2D eigenvalue weighted by atomic mass is 16.5. The minimum absolute atomic E-state index is 0.476. The van der Waals surface area contributed by atoms with Crippen molar-refractivity contribution in [3.63, 3.8) is 0 Å². The van der Waals surface area contributed by atoms with Crippen LogP contribution >= 0.6 is 0 Å². The number of aldehydes is 1. The van der Waals surface area contributed by atoms with E-state index in [0.29, 0.717) is 30.3 Å². The van der Waals surface area contributed by atoms with E-state index in [4.69, 9.17) is 9.47 Å². The number of carbonyl (C=O) groups excluding carboxylic acids is 1. The van der Waals surface area contributed by atoms with Crippen molar-refractivity contribution in [3.05, 3.63) is 59.7 Å². The lowest BCUT2D eigenvalue weighted by molar-refractivity contribution is 0.112. The molecule has 0 radical (unpaired) electrons. The van der Waals surface area contributed by atoms with Gasteiger partial charge in [0.1, 0.15) is 12.9 Å². The molecule has 0 saturated heterocycles. The van der Waals surface area contributed by atoms with Gasteiger partial charge in [0, 0.05) is 5.56 Å². The summed E-state index contributed by atoms with van der Waals surface area (Å²) in [5.41, 5.74) is 1.68. The molecular weight excluding hydrogens is 252 g/mol. The molecule has 0 spiro atoms. The highest BCUT2D eigenvalue weighted by molar-refractivity contribution is 5.76. The van der Waals surface area contributed by atoms with Gasteiger partial charge in [0.2, 0.25) is 0 Å². The fourth-order valence-electron chi connectivity index (χ4n) is 1.78. The minimum atomic E-state index is 0.476. The maximum absolute atomic E-state index is 10.8.